The van der Waals surface area contributed by atoms with E-state index in [0.29, 0.717) is 31.6 Å². The molecule has 0 spiro atoms. The van der Waals surface area contributed by atoms with E-state index in [1.807, 2.05) is 89.3 Å². The molecule has 1 aliphatic rings. The van der Waals surface area contributed by atoms with E-state index < -0.39 is 0 Å². The van der Waals surface area contributed by atoms with Crippen molar-refractivity contribution in [1.82, 2.24) is 24.6 Å². The molecule has 196 valence electrons. The smallest absolute Gasteiger partial charge is 0.255 e. The number of aromatic nitrogens is 4. The summed E-state index contributed by atoms with van der Waals surface area (Å²) in [5.74, 6) is 1.70. The number of aryl methyl sites for hydroxylation is 1. The average molecular weight is 582 g/mol. The van der Waals surface area contributed by atoms with Crippen LogP contribution in [0.25, 0.3) is 16.7 Å². The van der Waals surface area contributed by atoms with Gasteiger partial charge in [-0.3, -0.25) is 4.79 Å². The molecular formula is C31H29BrN6O. The van der Waals surface area contributed by atoms with Crippen LogP contribution in [0.3, 0.4) is 0 Å². The van der Waals surface area contributed by atoms with Gasteiger partial charge in [-0.15, -0.1) is 0 Å². The molecule has 0 atom stereocenters. The molecule has 8 heteroatoms. The number of para-hydroxylation sites is 1. The number of halogens is 1. The molecule has 0 radical (unpaired) electrons. The van der Waals surface area contributed by atoms with Gasteiger partial charge in [0.05, 0.1) is 22.3 Å². The largest absolute Gasteiger partial charge is 0.354 e. The normalized spacial score (nSPS) is 14.0. The Hall–Kier alpha value is -4.04. The lowest BCUT2D eigenvalue weighted by molar-refractivity contribution is 0.0766. The van der Waals surface area contributed by atoms with E-state index in [1.54, 1.807) is 0 Å². The lowest BCUT2D eigenvalue weighted by Gasteiger charge is -2.24. The van der Waals surface area contributed by atoms with Crippen LogP contribution in [-0.2, 0) is 6.42 Å². The van der Waals surface area contributed by atoms with E-state index in [0.717, 1.165) is 57.1 Å². The van der Waals surface area contributed by atoms with Gasteiger partial charge >= 0.3 is 0 Å². The zero-order chi connectivity index (χ0) is 26.8. The number of amides is 1. The van der Waals surface area contributed by atoms with Crippen molar-refractivity contribution in [3.8, 4) is 5.69 Å². The first-order valence-corrected chi connectivity index (χ1v) is 14.0. The minimum absolute atomic E-state index is 0.0509. The van der Waals surface area contributed by atoms with Crippen LogP contribution in [-0.4, -0.2) is 56.7 Å². The third kappa shape index (κ3) is 5.16. The van der Waals surface area contributed by atoms with Crippen molar-refractivity contribution in [3.05, 3.63) is 112 Å². The second-order valence-corrected chi connectivity index (χ2v) is 10.6. The highest BCUT2D eigenvalue weighted by atomic mass is 79.9. The van der Waals surface area contributed by atoms with Crippen molar-refractivity contribution in [2.24, 2.45) is 0 Å². The number of nitrogens with zero attached hydrogens (tertiary/aromatic N) is 6. The summed E-state index contributed by atoms with van der Waals surface area (Å²) in [6, 6.07) is 28.0. The number of hydrogen-bond acceptors (Lipinski definition) is 5. The summed E-state index contributed by atoms with van der Waals surface area (Å²) >= 11 is 3.54. The molecule has 0 N–H and O–H groups in total. The fraction of sp³-hybridized carbons (Fsp3) is 0.226. The van der Waals surface area contributed by atoms with Gasteiger partial charge in [-0.1, -0.05) is 60.7 Å². The summed E-state index contributed by atoms with van der Waals surface area (Å²) in [5.41, 5.74) is 4.51. The van der Waals surface area contributed by atoms with Gasteiger partial charge in [0.2, 0.25) is 0 Å². The van der Waals surface area contributed by atoms with E-state index >= 15 is 0 Å². The standard InChI is InChI=1S/C31H29BrN6O/c1-22-28-29(36-17-10-18-37(20-19-36)31(39)25-15-8-9-16-26(25)32)33-27(21-23-11-4-2-5-12-23)34-30(28)38(35-22)24-13-6-3-7-14-24/h2-9,11-16H,10,17-21H2,1H3. The van der Waals surface area contributed by atoms with Gasteiger partial charge in [-0.05, 0) is 59.1 Å². The number of carbonyl (C=O) groups excluding carboxylic acids is 1. The summed E-state index contributed by atoms with van der Waals surface area (Å²) in [7, 11) is 0. The van der Waals surface area contributed by atoms with Gasteiger partial charge in [0.25, 0.3) is 5.91 Å². The molecular weight excluding hydrogens is 552 g/mol. The maximum absolute atomic E-state index is 13.3. The summed E-state index contributed by atoms with van der Waals surface area (Å²) in [6.45, 7) is 4.82. The van der Waals surface area contributed by atoms with Crippen LogP contribution in [0.4, 0.5) is 5.82 Å². The first kappa shape index (κ1) is 25.2. The molecule has 7 nitrogen and oxygen atoms in total. The zero-order valence-electron chi connectivity index (χ0n) is 21.8. The molecule has 3 aromatic carbocycles. The first-order valence-electron chi connectivity index (χ1n) is 13.2. The Morgan fingerprint density at radius 1 is 0.846 bits per heavy atom. The molecule has 0 bridgehead atoms. The Balaban J connectivity index is 1.38. The van der Waals surface area contributed by atoms with E-state index in [4.69, 9.17) is 15.1 Å². The van der Waals surface area contributed by atoms with E-state index in [2.05, 4.69) is 33.0 Å². The van der Waals surface area contributed by atoms with Crippen LogP contribution >= 0.6 is 15.9 Å². The van der Waals surface area contributed by atoms with Crippen molar-refractivity contribution in [2.75, 3.05) is 31.1 Å². The van der Waals surface area contributed by atoms with Crippen LogP contribution in [0.2, 0.25) is 0 Å². The highest BCUT2D eigenvalue weighted by Crippen LogP contribution is 2.30. The predicted octanol–water partition coefficient (Wildman–Crippen LogP) is 5.83. The average Bonchev–Trinajstić information content (AvgIpc) is 3.13. The van der Waals surface area contributed by atoms with Crippen LogP contribution < -0.4 is 4.90 Å². The molecule has 6 rings (SSSR count). The van der Waals surface area contributed by atoms with Gasteiger partial charge in [0, 0.05) is 37.1 Å². The third-order valence-corrected chi connectivity index (χ3v) is 7.81. The van der Waals surface area contributed by atoms with Crippen LogP contribution in [0.15, 0.2) is 89.4 Å². The maximum Gasteiger partial charge on any atom is 0.255 e. The molecule has 0 aliphatic carbocycles. The monoisotopic (exact) mass is 580 g/mol. The van der Waals surface area contributed by atoms with Crippen LogP contribution in [0, 0.1) is 6.92 Å². The summed E-state index contributed by atoms with van der Waals surface area (Å²) in [6.07, 6.45) is 1.48. The molecule has 0 unspecified atom stereocenters. The fourth-order valence-corrected chi connectivity index (χ4v) is 5.63. The Kier molecular flexibility index (Phi) is 7.11. The lowest BCUT2D eigenvalue weighted by atomic mass is 10.1. The number of carbonyl (C=O) groups is 1. The SMILES string of the molecule is Cc1nn(-c2ccccc2)c2nc(Cc3ccccc3)nc(N3CCCN(C(=O)c4ccccc4Br)CC3)c12. The molecule has 0 saturated carbocycles. The predicted molar refractivity (Wildman–Crippen MR) is 158 cm³/mol. The first-order chi connectivity index (χ1) is 19.1. The molecule has 1 saturated heterocycles. The molecule has 3 heterocycles. The molecule has 5 aromatic rings. The second kappa shape index (κ2) is 11.0. The van der Waals surface area contributed by atoms with Crippen LogP contribution in [0.1, 0.15) is 33.9 Å². The summed E-state index contributed by atoms with van der Waals surface area (Å²) in [4.78, 5) is 27.7. The summed E-state index contributed by atoms with van der Waals surface area (Å²) < 4.78 is 2.74. The number of anilines is 1. The molecule has 39 heavy (non-hydrogen) atoms. The minimum atomic E-state index is 0.0509. The molecule has 1 fully saturated rings. The zero-order valence-corrected chi connectivity index (χ0v) is 23.4. The molecule has 1 amide bonds. The fourth-order valence-electron chi connectivity index (χ4n) is 5.18. The Labute approximate surface area is 236 Å². The van der Waals surface area contributed by atoms with Gasteiger partial charge in [0.1, 0.15) is 11.6 Å². The third-order valence-electron chi connectivity index (χ3n) is 7.12. The number of fused-ring (bicyclic) bond motifs is 1. The Morgan fingerprint density at radius 2 is 1.56 bits per heavy atom. The Bertz CT molecular complexity index is 1620. The summed E-state index contributed by atoms with van der Waals surface area (Å²) in [5, 5.41) is 5.86. The Morgan fingerprint density at radius 3 is 2.33 bits per heavy atom. The van der Waals surface area contributed by atoms with Crippen molar-refractivity contribution in [3.63, 3.8) is 0 Å². The van der Waals surface area contributed by atoms with Gasteiger partial charge in [0.15, 0.2) is 5.65 Å². The topological polar surface area (TPSA) is 67.2 Å². The van der Waals surface area contributed by atoms with Crippen LogP contribution in [0.5, 0.6) is 0 Å². The highest BCUT2D eigenvalue weighted by molar-refractivity contribution is 9.10. The lowest BCUT2D eigenvalue weighted by Crippen LogP contribution is -2.35. The highest BCUT2D eigenvalue weighted by Gasteiger charge is 2.26. The molecule has 2 aromatic heterocycles. The van der Waals surface area contributed by atoms with Gasteiger partial charge < -0.3 is 9.80 Å². The van der Waals surface area contributed by atoms with E-state index in [-0.39, 0.29) is 5.91 Å². The van der Waals surface area contributed by atoms with Crippen molar-refractivity contribution >= 4 is 38.7 Å². The van der Waals surface area contributed by atoms with Crippen molar-refractivity contribution in [1.29, 1.82) is 0 Å². The minimum Gasteiger partial charge on any atom is -0.354 e. The van der Waals surface area contributed by atoms with E-state index in [1.165, 1.54) is 0 Å². The number of rotatable bonds is 5. The molecule has 1 aliphatic heterocycles. The number of hydrogen-bond donors (Lipinski definition) is 0. The second-order valence-electron chi connectivity index (χ2n) is 9.77. The van der Waals surface area contributed by atoms with Gasteiger partial charge in [-0.2, -0.15) is 5.10 Å². The number of benzene rings is 3. The van der Waals surface area contributed by atoms with Crippen molar-refractivity contribution < 1.29 is 4.79 Å². The van der Waals surface area contributed by atoms with Gasteiger partial charge in [-0.25, -0.2) is 14.6 Å². The van der Waals surface area contributed by atoms with E-state index in [9.17, 15) is 4.79 Å². The quantitative estimate of drug-likeness (QED) is 0.261. The maximum atomic E-state index is 13.3. The van der Waals surface area contributed by atoms with Crippen molar-refractivity contribution in [2.45, 2.75) is 19.8 Å².